The Balaban J connectivity index is 2.27. The molecule has 1 aromatic heterocycles. The summed E-state index contributed by atoms with van der Waals surface area (Å²) in [6.45, 7) is 5.60. The average Bonchev–Trinajstić information content (AvgIpc) is 2.81. The number of nitrogens with one attached hydrogen (secondary N) is 1. The van der Waals surface area contributed by atoms with Gasteiger partial charge in [-0.25, -0.2) is 13.8 Å². The largest absolute Gasteiger partial charge is 0.302 e. The van der Waals surface area contributed by atoms with Gasteiger partial charge in [-0.05, 0) is 31.5 Å². The van der Waals surface area contributed by atoms with Crippen LogP contribution in [0, 0.1) is 24.5 Å². The first-order valence-electron chi connectivity index (χ1n) is 6.66. The van der Waals surface area contributed by atoms with Crippen LogP contribution in [0.5, 0.6) is 0 Å². The van der Waals surface area contributed by atoms with Gasteiger partial charge in [-0.1, -0.05) is 13.8 Å². The zero-order chi connectivity index (χ0) is 15.6. The summed E-state index contributed by atoms with van der Waals surface area (Å²) in [4.78, 5) is 17.0. The zero-order valence-electron chi connectivity index (χ0n) is 12.0. The number of hydrogen-bond donors (Lipinski definition) is 1. The molecule has 2 aromatic rings. The van der Waals surface area contributed by atoms with Crippen LogP contribution in [-0.2, 0) is 4.79 Å². The van der Waals surface area contributed by atoms with Crippen molar-refractivity contribution in [1.29, 1.82) is 0 Å². The van der Waals surface area contributed by atoms with Crippen LogP contribution >= 0.6 is 11.3 Å². The van der Waals surface area contributed by atoms with Crippen LogP contribution in [-0.4, -0.2) is 10.9 Å². The van der Waals surface area contributed by atoms with Gasteiger partial charge in [-0.3, -0.25) is 4.79 Å². The summed E-state index contributed by atoms with van der Waals surface area (Å²) in [5, 5.41) is 3.22. The predicted molar refractivity (Wildman–Crippen MR) is 80.3 cm³/mol. The Kier molecular flexibility index (Phi) is 4.67. The Labute approximate surface area is 126 Å². The Hall–Kier alpha value is -1.82. The van der Waals surface area contributed by atoms with Crippen molar-refractivity contribution in [1.82, 2.24) is 4.98 Å². The van der Waals surface area contributed by atoms with Crippen molar-refractivity contribution in [2.75, 3.05) is 5.32 Å². The van der Waals surface area contributed by atoms with Gasteiger partial charge in [0.05, 0.1) is 5.69 Å². The lowest BCUT2D eigenvalue weighted by atomic mass is 10.1. The molecule has 1 aromatic carbocycles. The second-order valence-electron chi connectivity index (χ2n) is 4.85. The van der Waals surface area contributed by atoms with Gasteiger partial charge in [0.1, 0.15) is 0 Å². The summed E-state index contributed by atoms with van der Waals surface area (Å²) < 4.78 is 26.3. The highest BCUT2D eigenvalue weighted by atomic mass is 32.1. The molecule has 0 saturated heterocycles. The monoisotopic (exact) mass is 310 g/mol. The van der Waals surface area contributed by atoms with Crippen molar-refractivity contribution in [2.45, 2.75) is 27.2 Å². The second-order valence-corrected chi connectivity index (χ2v) is 6.05. The Bertz CT molecular complexity index is 670. The lowest BCUT2D eigenvalue weighted by Gasteiger charge is -2.06. The van der Waals surface area contributed by atoms with E-state index in [1.54, 1.807) is 0 Å². The number of carbonyl (C=O) groups excluding carboxylic acids is 1. The van der Waals surface area contributed by atoms with Crippen molar-refractivity contribution in [3.63, 3.8) is 0 Å². The third-order valence-corrected chi connectivity index (χ3v) is 4.17. The van der Waals surface area contributed by atoms with Gasteiger partial charge in [0.25, 0.3) is 0 Å². The van der Waals surface area contributed by atoms with Gasteiger partial charge in [0.2, 0.25) is 5.91 Å². The fraction of sp³-hybridized carbons (Fsp3) is 0.333. The van der Waals surface area contributed by atoms with Crippen molar-refractivity contribution in [3.8, 4) is 11.3 Å². The van der Waals surface area contributed by atoms with Crippen molar-refractivity contribution in [2.24, 2.45) is 5.92 Å². The molecule has 2 rings (SSSR count). The molecule has 112 valence electrons. The van der Waals surface area contributed by atoms with E-state index >= 15 is 0 Å². The lowest BCUT2D eigenvalue weighted by Crippen LogP contribution is -2.19. The summed E-state index contributed by atoms with van der Waals surface area (Å²) in [7, 11) is 0. The first-order valence-corrected chi connectivity index (χ1v) is 7.47. The number of aryl methyl sites for hydroxylation is 1. The normalized spacial score (nSPS) is 12.2. The molecule has 0 fully saturated rings. The van der Waals surface area contributed by atoms with Gasteiger partial charge in [-0.15, -0.1) is 11.3 Å². The molecule has 0 unspecified atom stereocenters. The fourth-order valence-electron chi connectivity index (χ4n) is 1.78. The summed E-state index contributed by atoms with van der Waals surface area (Å²) in [5.41, 5.74) is 1.05. The lowest BCUT2D eigenvalue weighted by molar-refractivity contribution is -0.119. The highest BCUT2D eigenvalue weighted by Crippen LogP contribution is 2.31. The van der Waals surface area contributed by atoms with Crippen LogP contribution in [0.3, 0.4) is 0 Å². The number of anilines is 1. The van der Waals surface area contributed by atoms with Crippen LogP contribution < -0.4 is 5.32 Å². The number of halogens is 2. The highest BCUT2D eigenvalue weighted by Gasteiger charge is 2.16. The maximum Gasteiger partial charge on any atom is 0.228 e. The second kappa shape index (κ2) is 6.30. The number of hydrogen-bond acceptors (Lipinski definition) is 3. The first kappa shape index (κ1) is 15.6. The van der Waals surface area contributed by atoms with E-state index in [0.717, 1.165) is 23.4 Å². The topological polar surface area (TPSA) is 42.0 Å². The molecule has 0 radical (unpaired) electrons. The molecule has 3 nitrogen and oxygen atoms in total. The van der Waals surface area contributed by atoms with Gasteiger partial charge in [-0.2, -0.15) is 0 Å². The molecule has 0 aliphatic rings. The fourth-order valence-corrected chi connectivity index (χ4v) is 2.61. The number of nitrogens with zero attached hydrogens (tertiary/aromatic N) is 1. The SMILES string of the molecule is CC[C@H](C)C(=O)Nc1nc(-c2ccc(F)c(F)c2)c(C)s1. The van der Waals surface area contributed by atoms with E-state index in [0.29, 0.717) is 16.4 Å². The number of amides is 1. The maximum absolute atomic E-state index is 13.3. The summed E-state index contributed by atoms with van der Waals surface area (Å²) in [6.07, 6.45) is 0.742. The molecule has 6 heteroatoms. The Morgan fingerprint density at radius 3 is 2.71 bits per heavy atom. The molecule has 1 heterocycles. The molecule has 0 aliphatic carbocycles. The van der Waals surface area contributed by atoms with Gasteiger partial charge in [0.15, 0.2) is 16.8 Å². The molecule has 0 spiro atoms. The van der Waals surface area contributed by atoms with E-state index in [9.17, 15) is 13.6 Å². The number of aromatic nitrogens is 1. The van der Waals surface area contributed by atoms with Crippen molar-refractivity contribution in [3.05, 3.63) is 34.7 Å². The van der Waals surface area contributed by atoms with E-state index < -0.39 is 11.6 Å². The third-order valence-electron chi connectivity index (χ3n) is 3.28. The van der Waals surface area contributed by atoms with Crippen LogP contribution in [0.2, 0.25) is 0 Å². The minimum absolute atomic E-state index is 0.0944. The van der Waals surface area contributed by atoms with Crippen LogP contribution in [0.4, 0.5) is 13.9 Å². The van der Waals surface area contributed by atoms with Crippen LogP contribution in [0.15, 0.2) is 18.2 Å². The molecule has 1 N–H and O–H groups in total. The van der Waals surface area contributed by atoms with E-state index in [2.05, 4.69) is 10.3 Å². The number of carbonyl (C=O) groups is 1. The summed E-state index contributed by atoms with van der Waals surface area (Å²) in [6, 6.07) is 3.65. The molecule has 0 aliphatic heterocycles. The molecule has 21 heavy (non-hydrogen) atoms. The van der Waals surface area contributed by atoms with E-state index in [1.165, 1.54) is 17.4 Å². The van der Waals surface area contributed by atoms with Crippen molar-refractivity contribution >= 4 is 22.4 Å². The number of rotatable bonds is 4. The van der Waals surface area contributed by atoms with Crippen LogP contribution in [0.1, 0.15) is 25.1 Å². The molecule has 0 saturated carbocycles. The molecular formula is C15H16F2N2OS. The smallest absolute Gasteiger partial charge is 0.228 e. The minimum atomic E-state index is -0.912. The molecular weight excluding hydrogens is 294 g/mol. The standard InChI is InChI=1S/C15H16F2N2OS/c1-4-8(2)14(20)19-15-18-13(9(3)21-15)10-5-6-11(16)12(17)7-10/h5-8H,4H2,1-3H3,(H,18,19,20)/t8-/m0/s1. The Morgan fingerprint density at radius 2 is 2.10 bits per heavy atom. The van der Waals surface area contributed by atoms with E-state index in [-0.39, 0.29) is 11.8 Å². The predicted octanol–water partition coefficient (Wildman–Crippen LogP) is 4.38. The number of thiazole rings is 1. The van der Waals surface area contributed by atoms with Crippen molar-refractivity contribution < 1.29 is 13.6 Å². The Morgan fingerprint density at radius 1 is 1.38 bits per heavy atom. The first-order chi connectivity index (χ1) is 9.92. The van der Waals surface area contributed by atoms with Crippen LogP contribution in [0.25, 0.3) is 11.3 Å². The van der Waals surface area contributed by atoms with E-state index in [1.807, 2.05) is 20.8 Å². The molecule has 1 amide bonds. The van der Waals surface area contributed by atoms with E-state index in [4.69, 9.17) is 0 Å². The molecule has 0 bridgehead atoms. The third kappa shape index (κ3) is 3.44. The maximum atomic E-state index is 13.3. The van der Waals surface area contributed by atoms with Gasteiger partial charge < -0.3 is 5.32 Å². The average molecular weight is 310 g/mol. The minimum Gasteiger partial charge on any atom is -0.302 e. The molecule has 1 atom stereocenters. The van der Waals surface area contributed by atoms with Gasteiger partial charge >= 0.3 is 0 Å². The van der Waals surface area contributed by atoms with Gasteiger partial charge in [0, 0.05) is 16.4 Å². The number of benzene rings is 1. The zero-order valence-corrected chi connectivity index (χ0v) is 12.9. The summed E-state index contributed by atoms with van der Waals surface area (Å²) >= 11 is 1.32. The summed E-state index contributed by atoms with van der Waals surface area (Å²) in [5.74, 6) is -1.99. The highest BCUT2D eigenvalue weighted by molar-refractivity contribution is 7.16. The quantitative estimate of drug-likeness (QED) is 0.910.